The van der Waals surface area contributed by atoms with Crippen molar-refractivity contribution in [3.8, 4) is 0 Å². The monoisotopic (exact) mass is 322 g/mol. The minimum absolute atomic E-state index is 0.139. The number of nitrogens with zero attached hydrogens (tertiary/aromatic N) is 2. The fraction of sp³-hybridized carbons (Fsp3) is 0.263. The van der Waals surface area contributed by atoms with Crippen LogP contribution in [0.15, 0.2) is 55.0 Å². The molecule has 1 atom stereocenters. The molecule has 3 rings (SSSR count). The lowest BCUT2D eigenvalue weighted by molar-refractivity contribution is 0.0951. The van der Waals surface area contributed by atoms with Crippen molar-refractivity contribution in [2.45, 2.75) is 25.8 Å². The van der Waals surface area contributed by atoms with E-state index in [1.165, 1.54) is 5.56 Å². The fourth-order valence-electron chi connectivity index (χ4n) is 2.61. The molecule has 1 aromatic carbocycles. The molecule has 0 aliphatic carbocycles. The molecule has 3 aromatic rings. The average molecular weight is 322 g/mol. The lowest BCUT2D eigenvalue weighted by Gasteiger charge is -2.14. The highest BCUT2D eigenvalue weighted by atomic mass is 16.1. The summed E-state index contributed by atoms with van der Waals surface area (Å²) in [4.78, 5) is 16.5. The Bertz CT molecular complexity index is 836. The first kappa shape index (κ1) is 16.2. The van der Waals surface area contributed by atoms with Crippen molar-refractivity contribution in [3.63, 3.8) is 0 Å². The van der Waals surface area contributed by atoms with Crippen LogP contribution in [0, 0.1) is 0 Å². The highest BCUT2D eigenvalue weighted by Gasteiger charge is 2.11. The zero-order valence-electron chi connectivity index (χ0n) is 13.9. The second-order valence-electron chi connectivity index (χ2n) is 6.25. The van der Waals surface area contributed by atoms with Crippen LogP contribution in [-0.4, -0.2) is 21.8 Å². The van der Waals surface area contributed by atoms with Crippen molar-refractivity contribution < 1.29 is 4.79 Å². The Morgan fingerprint density at radius 1 is 1.17 bits per heavy atom. The predicted octanol–water partition coefficient (Wildman–Crippen LogP) is 2.89. The van der Waals surface area contributed by atoms with Gasteiger partial charge in [-0.1, -0.05) is 38.1 Å². The number of fused-ring (bicyclic) bond motifs is 1. The first-order chi connectivity index (χ1) is 11.5. The topological polar surface area (TPSA) is 72.4 Å². The Morgan fingerprint density at radius 2 is 1.88 bits per heavy atom. The van der Waals surface area contributed by atoms with Gasteiger partial charge in [0.15, 0.2) is 0 Å². The Morgan fingerprint density at radius 3 is 2.58 bits per heavy atom. The standard InChI is InChI=1S/C19H22N4O/c1-13(2)14-3-5-15(6-4-14)17(20)11-22-19(24)16-7-8-18-21-9-10-23(18)12-16/h3-10,12-13,17H,11,20H2,1-2H3,(H,22,24). The quantitative estimate of drug-likeness (QED) is 0.758. The second-order valence-corrected chi connectivity index (χ2v) is 6.25. The van der Waals surface area contributed by atoms with Gasteiger partial charge in [0.1, 0.15) is 5.65 Å². The summed E-state index contributed by atoms with van der Waals surface area (Å²) < 4.78 is 1.82. The van der Waals surface area contributed by atoms with E-state index in [1.54, 1.807) is 18.5 Å². The Labute approximate surface area is 141 Å². The first-order valence-corrected chi connectivity index (χ1v) is 8.11. The second kappa shape index (κ2) is 6.84. The van der Waals surface area contributed by atoms with E-state index in [-0.39, 0.29) is 11.9 Å². The number of benzene rings is 1. The minimum atomic E-state index is -0.230. The number of nitrogens with one attached hydrogen (secondary N) is 1. The SMILES string of the molecule is CC(C)c1ccc(C(N)CNC(=O)c2ccc3nccn3c2)cc1. The van der Waals surface area contributed by atoms with Gasteiger partial charge in [-0.3, -0.25) is 4.79 Å². The fourth-order valence-corrected chi connectivity index (χ4v) is 2.61. The van der Waals surface area contributed by atoms with Crippen LogP contribution in [0.4, 0.5) is 0 Å². The van der Waals surface area contributed by atoms with Gasteiger partial charge in [-0.2, -0.15) is 0 Å². The van der Waals surface area contributed by atoms with Crippen LogP contribution in [0.5, 0.6) is 0 Å². The summed E-state index contributed by atoms with van der Waals surface area (Å²) >= 11 is 0. The van der Waals surface area contributed by atoms with Gasteiger partial charge in [-0.05, 0) is 29.2 Å². The van der Waals surface area contributed by atoms with E-state index >= 15 is 0 Å². The number of rotatable bonds is 5. The van der Waals surface area contributed by atoms with E-state index in [1.807, 2.05) is 28.8 Å². The van der Waals surface area contributed by atoms with Crippen LogP contribution < -0.4 is 11.1 Å². The molecule has 0 spiro atoms. The molecule has 0 saturated carbocycles. The molecule has 0 fully saturated rings. The number of carbonyl (C=O) groups excluding carboxylic acids is 1. The highest BCUT2D eigenvalue weighted by Crippen LogP contribution is 2.17. The Hall–Kier alpha value is -2.66. The average Bonchev–Trinajstić information content (AvgIpc) is 3.07. The summed E-state index contributed by atoms with van der Waals surface area (Å²) in [6.07, 6.45) is 5.28. The number of imidazole rings is 1. The van der Waals surface area contributed by atoms with E-state index in [9.17, 15) is 4.79 Å². The molecule has 2 heterocycles. The van der Waals surface area contributed by atoms with Gasteiger partial charge in [0.05, 0.1) is 5.56 Å². The van der Waals surface area contributed by atoms with Crippen LogP contribution in [0.3, 0.4) is 0 Å². The van der Waals surface area contributed by atoms with Crippen LogP contribution in [-0.2, 0) is 0 Å². The van der Waals surface area contributed by atoms with Gasteiger partial charge in [0, 0.05) is 31.2 Å². The number of hydrogen-bond donors (Lipinski definition) is 2. The summed E-state index contributed by atoms with van der Waals surface area (Å²) in [7, 11) is 0. The van der Waals surface area contributed by atoms with E-state index in [4.69, 9.17) is 5.73 Å². The molecule has 0 bridgehead atoms. The molecule has 0 radical (unpaired) electrons. The maximum atomic E-state index is 12.3. The third-order valence-electron chi connectivity index (χ3n) is 4.16. The molecule has 0 saturated heterocycles. The maximum Gasteiger partial charge on any atom is 0.252 e. The summed E-state index contributed by atoms with van der Waals surface area (Å²) in [6.45, 7) is 4.71. The third-order valence-corrected chi connectivity index (χ3v) is 4.16. The molecular formula is C19H22N4O. The third kappa shape index (κ3) is 3.46. The zero-order valence-corrected chi connectivity index (χ0v) is 13.9. The van der Waals surface area contributed by atoms with Crippen LogP contribution in [0.2, 0.25) is 0 Å². The number of hydrogen-bond acceptors (Lipinski definition) is 3. The van der Waals surface area contributed by atoms with Crippen LogP contribution in [0.1, 0.15) is 47.3 Å². The van der Waals surface area contributed by atoms with E-state index in [0.29, 0.717) is 18.0 Å². The van der Waals surface area contributed by atoms with E-state index < -0.39 is 0 Å². The van der Waals surface area contributed by atoms with Gasteiger partial charge >= 0.3 is 0 Å². The minimum Gasteiger partial charge on any atom is -0.350 e. The molecule has 24 heavy (non-hydrogen) atoms. The smallest absolute Gasteiger partial charge is 0.252 e. The van der Waals surface area contributed by atoms with Gasteiger partial charge in [0.2, 0.25) is 0 Å². The Balaban J connectivity index is 1.62. The normalized spacial score (nSPS) is 12.5. The lowest BCUT2D eigenvalue weighted by Crippen LogP contribution is -2.32. The first-order valence-electron chi connectivity index (χ1n) is 8.11. The van der Waals surface area contributed by atoms with Gasteiger partial charge < -0.3 is 15.5 Å². The largest absolute Gasteiger partial charge is 0.350 e. The van der Waals surface area contributed by atoms with E-state index in [0.717, 1.165) is 11.2 Å². The number of amides is 1. The number of nitrogens with two attached hydrogens (primary N) is 1. The molecule has 5 heteroatoms. The van der Waals surface area contributed by atoms with Crippen molar-refractivity contribution in [1.29, 1.82) is 0 Å². The molecule has 5 nitrogen and oxygen atoms in total. The lowest BCUT2D eigenvalue weighted by atomic mass is 9.99. The molecular weight excluding hydrogens is 300 g/mol. The molecule has 0 aliphatic heterocycles. The highest BCUT2D eigenvalue weighted by molar-refractivity contribution is 5.94. The van der Waals surface area contributed by atoms with E-state index in [2.05, 4.69) is 36.3 Å². The predicted molar refractivity (Wildman–Crippen MR) is 95.0 cm³/mol. The van der Waals surface area contributed by atoms with Crippen LogP contribution in [0.25, 0.3) is 5.65 Å². The molecule has 124 valence electrons. The van der Waals surface area contributed by atoms with Crippen molar-refractivity contribution in [1.82, 2.24) is 14.7 Å². The number of pyridine rings is 1. The summed E-state index contributed by atoms with van der Waals surface area (Å²) in [5.74, 6) is 0.355. The molecule has 0 aliphatic rings. The van der Waals surface area contributed by atoms with Crippen molar-refractivity contribution >= 4 is 11.6 Å². The van der Waals surface area contributed by atoms with Gasteiger partial charge in [-0.25, -0.2) is 4.98 Å². The van der Waals surface area contributed by atoms with Gasteiger partial charge in [-0.15, -0.1) is 0 Å². The van der Waals surface area contributed by atoms with Crippen molar-refractivity contribution in [2.75, 3.05) is 6.54 Å². The molecule has 1 unspecified atom stereocenters. The number of carbonyl (C=O) groups is 1. The van der Waals surface area contributed by atoms with Crippen LogP contribution >= 0.6 is 0 Å². The van der Waals surface area contributed by atoms with Crippen molar-refractivity contribution in [3.05, 3.63) is 71.7 Å². The molecule has 2 aromatic heterocycles. The Kier molecular flexibility index (Phi) is 4.62. The summed E-state index contributed by atoms with van der Waals surface area (Å²) in [5.41, 5.74) is 9.89. The molecule has 3 N–H and O–H groups in total. The number of aromatic nitrogens is 2. The van der Waals surface area contributed by atoms with Crippen molar-refractivity contribution in [2.24, 2.45) is 5.73 Å². The summed E-state index contributed by atoms with van der Waals surface area (Å²) in [5, 5.41) is 2.89. The maximum absolute atomic E-state index is 12.3. The van der Waals surface area contributed by atoms with Gasteiger partial charge in [0.25, 0.3) is 5.91 Å². The summed E-state index contributed by atoms with van der Waals surface area (Å²) in [6, 6.07) is 11.6. The zero-order chi connectivity index (χ0) is 17.1. The molecule has 1 amide bonds.